The third-order valence-electron chi connectivity index (χ3n) is 5.14. The smallest absolute Gasteiger partial charge is 0.219 e. The van der Waals surface area contributed by atoms with E-state index in [2.05, 4.69) is 35.2 Å². The van der Waals surface area contributed by atoms with Gasteiger partial charge < -0.3 is 9.80 Å². The first-order chi connectivity index (χ1) is 11.2. The van der Waals surface area contributed by atoms with Gasteiger partial charge in [-0.1, -0.05) is 30.3 Å². The van der Waals surface area contributed by atoms with E-state index in [1.54, 1.807) is 6.92 Å². The molecule has 4 nitrogen and oxygen atoms in total. The maximum absolute atomic E-state index is 11.8. The Morgan fingerprint density at radius 2 is 2.00 bits per heavy atom. The van der Waals surface area contributed by atoms with Crippen molar-refractivity contribution in [2.24, 2.45) is 0 Å². The molecular weight excluding hydrogens is 286 g/mol. The molecule has 3 heterocycles. The van der Waals surface area contributed by atoms with Gasteiger partial charge in [0.2, 0.25) is 5.91 Å². The van der Waals surface area contributed by atoms with Gasteiger partial charge in [0, 0.05) is 39.3 Å². The zero-order chi connectivity index (χ0) is 15.9. The lowest BCUT2D eigenvalue weighted by atomic mass is 9.85. The van der Waals surface area contributed by atoms with Gasteiger partial charge in [0.15, 0.2) is 0 Å². The number of aromatic nitrogens is 1. The molecule has 1 aromatic heterocycles. The van der Waals surface area contributed by atoms with Crippen LogP contribution >= 0.6 is 0 Å². The summed E-state index contributed by atoms with van der Waals surface area (Å²) < 4.78 is 0. The lowest BCUT2D eigenvalue weighted by Crippen LogP contribution is -2.37. The van der Waals surface area contributed by atoms with E-state index in [4.69, 9.17) is 4.98 Å². The fourth-order valence-corrected chi connectivity index (χ4v) is 3.99. The van der Waals surface area contributed by atoms with Crippen LogP contribution in [0.5, 0.6) is 0 Å². The summed E-state index contributed by atoms with van der Waals surface area (Å²) in [5.74, 6) is 0.167. The van der Waals surface area contributed by atoms with Crippen molar-refractivity contribution in [3.05, 3.63) is 59.9 Å². The minimum Gasteiger partial charge on any atom is -0.365 e. The first-order valence-corrected chi connectivity index (χ1v) is 8.18. The van der Waals surface area contributed by atoms with Crippen molar-refractivity contribution < 1.29 is 4.79 Å². The number of carbonyl (C=O) groups excluding carboxylic acids is 1. The molecule has 1 atom stereocenters. The topological polar surface area (TPSA) is 36.4 Å². The molecule has 0 radical (unpaired) electrons. The van der Waals surface area contributed by atoms with E-state index < -0.39 is 0 Å². The number of nitrogens with zero attached hydrogens (tertiary/aromatic N) is 3. The Morgan fingerprint density at radius 3 is 2.74 bits per heavy atom. The minimum absolute atomic E-state index is 0.00293. The second kappa shape index (κ2) is 5.37. The average molecular weight is 307 g/mol. The monoisotopic (exact) mass is 307 g/mol. The second-order valence-corrected chi connectivity index (χ2v) is 6.68. The molecule has 2 aliphatic heterocycles. The molecule has 0 bridgehead atoms. The van der Waals surface area contributed by atoms with Crippen LogP contribution in [0.1, 0.15) is 24.6 Å². The number of rotatable bonds is 2. The maximum atomic E-state index is 11.8. The number of hydrogen-bond donors (Lipinski definition) is 0. The van der Waals surface area contributed by atoms with Crippen molar-refractivity contribution >= 4 is 11.6 Å². The van der Waals surface area contributed by atoms with Crippen molar-refractivity contribution in [1.29, 1.82) is 0 Å². The number of fused-ring (bicyclic) bond motifs is 2. The molecule has 4 heteroatoms. The van der Waals surface area contributed by atoms with E-state index in [0.717, 1.165) is 32.6 Å². The Bertz CT molecular complexity index is 730. The molecule has 2 aromatic rings. The van der Waals surface area contributed by atoms with Gasteiger partial charge in [0.25, 0.3) is 0 Å². The van der Waals surface area contributed by atoms with Gasteiger partial charge in [-0.25, -0.2) is 0 Å². The van der Waals surface area contributed by atoms with E-state index in [0.29, 0.717) is 0 Å². The molecule has 4 rings (SSSR count). The summed E-state index contributed by atoms with van der Waals surface area (Å²) in [5.41, 5.74) is 3.69. The van der Waals surface area contributed by atoms with Gasteiger partial charge in [0.05, 0.1) is 16.8 Å². The van der Waals surface area contributed by atoms with Gasteiger partial charge in [-0.15, -0.1) is 0 Å². The van der Waals surface area contributed by atoms with Crippen LogP contribution in [0.2, 0.25) is 0 Å². The SMILES string of the molecule is CC(=O)N1CC[C@]2(C1)CN(Cc1ccccc1)c1cccnc12. The van der Waals surface area contributed by atoms with E-state index in [-0.39, 0.29) is 11.3 Å². The molecule has 0 saturated carbocycles. The van der Waals surface area contributed by atoms with E-state index >= 15 is 0 Å². The molecule has 1 amide bonds. The highest BCUT2D eigenvalue weighted by molar-refractivity contribution is 5.74. The van der Waals surface area contributed by atoms with E-state index in [1.807, 2.05) is 23.2 Å². The van der Waals surface area contributed by atoms with Crippen molar-refractivity contribution in [2.75, 3.05) is 24.5 Å². The predicted octanol–water partition coefficient (Wildman–Crippen LogP) is 2.59. The van der Waals surface area contributed by atoms with Crippen LogP contribution in [0.4, 0.5) is 5.69 Å². The molecule has 0 unspecified atom stereocenters. The summed E-state index contributed by atoms with van der Waals surface area (Å²) in [5, 5.41) is 0. The molecular formula is C19H21N3O. The molecule has 1 spiro atoms. The number of anilines is 1. The summed E-state index contributed by atoms with van der Waals surface area (Å²) in [7, 11) is 0. The highest BCUT2D eigenvalue weighted by atomic mass is 16.2. The zero-order valence-electron chi connectivity index (χ0n) is 13.4. The van der Waals surface area contributed by atoms with Crippen LogP contribution in [0.3, 0.4) is 0 Å². The quantitative estimate of drug-likeness (QED) is 0.855. The van der Waals surface area contributed by atoms with Crippen molar-refractivity contribution in [1.82, 2.24) is 9.88 Å². The Kier molecular flexibility index (Phi) is 3.33. The second-order valence-electron chi connectivity index (χ2n) is 6.68. The largest absolute Gasteiger partial charge is 0.365 e. The average Bonchev–Trinajstić information content (AvgIpc) is 3.13. The lowest BCUT2D eigenvalue weighted by Gasteiger charge is -2.25. The summed E-state index contributed by atoms with van der Waals surface area (Å²) in [6.07, 6.45) is 2.88. The van der Waals surface area contributed by atoms with Crippen molar-refractivity contribution in [3.8, 4) is 0 Å². The molecule has 1 saturated heterocycles. The van der Waals surface area contributed by atoms with Crippen LogP contribution in [0, 0.1) is 0 Å². The highest BCUT2D eigenvalue weighted by Crippen LogP contribution is 2.45. The van der Waals surface area contributed by atoms with Gasteiger partial charge in [-0.3, -0.25) is 9.78 Å². The van der Waals surface area contributed by atoms with Crippen LogP contribution in [0.25, 0.3) is 0 Å². The number of pyridine rings is 1. The summed E-state index contributed by atoms with van der Waals surface area (Å²) in [6, 6.07) is 14.7. The van der Waals surface area contributed by atoms with Gasteiger partial charge >= 0.3 is 0 Å². The third-order valence-corrected chi connectivity index (χ3v) is 5.14. The molecule has 2 aliphatic rings. The van der Waals surface area contributed by atoms with Crippen LogP contribution < -0.4 is 4.90 Å². The summed E-state index contributed by atoms with van der Waals surface area (Å²) in [4.78, 5) is 20.8. The van der Waals surface area contributed by atoms with Crippen LogP contribution in [-0.2, 0) is 16.8 Å². The van der Waals surface area contributed by atoms with Gasteiger partial charge in [-0.2, -0.15) is 0 Å². The Hall–Kier alpha value is -2.36. The summed E-state index contributed by atoms with van der Waals surface area (Å²) in [6.45, 7) is 5.12. The predicted molar refractivity (Wildman–Crippen MR) is 90.3 cm³/mol. The van der Waals surface area contributed by atoms with Crippen LogP contribution in [0.15, 0.2) is 48.7 Å². The first kappa shape index (κ1) is 14.2. The maximum Gasteiger partial charge on any atom is 0.219 e. The lowest BCUT2D eigenvalue weighted by molar-refractivity contribution is -0.127. The molecule has 118 valence electrons. The molecule has 0 aliphatic carbocycles. The van der Waals surface area contributed by atoms with Crippen molar-refractivity contribution in [2.45, 2.75) is 25.3 Å². The Labute approximate surface area is 136 Å². The molecule has 1 aromatic carbocycles. The Morgan fingerprint density at radius 1 is 1.17 bits per heavy atom. The fourth-order valence-electron chi connectivity index (χ4n) is 3.99. The van der Waals surface area contributed by atoms with Gasteiger partial charge in [-0.05, 0) is 24.1 Å². The third kappa shape index (κ3) is 2.38. The zero-order valence-corrected chi connectivity index (χ0v) is 13.4. The Balaban J connectivity index is 1.66. The number of amides is 1. The molecule has 1 fully saturated rings. The number of hydrogen-bond acceptors (Lipinski definition) is 3. The number of likely N-dealkylation sites (tertiary alicyclic amines) is 1. The normalized spacial score (nSPS) is 22.7. The first-order valence-electron chi connectivity index (χ1n) is 8.18. The minimum atomic E-state index is -0.00293. The van der Waals surface area contributed by atoms with E-state index in [9.17, 15) is 4.79 Å². The number of carbonyl (C=O) groups is 1. The number of benzene rings is 1. The molecule has 0 N–H and O–H groups in total. The van der Waals surface area contributed by atoms with Gasteiger partial charge in [0.1, 0.15) is 0 Å². The van der Waals surface area contributed by atoms with Crippen molar-refractivity contribution in [3.63, 3.8) is 0 Å². The highest BCUT2D eigenvalue weighted by Gasteiger charge is 2.48. The fraction of sp³-hybridized carbons (Fsp3) is 0.368. The molecule has 23 heavy (non-hydrogen) atoms. The summed E-state index contributed by atoms with van der Waals surface area (Å²) >= 11 is 0. The standard InChI is InChI=1S/C19H21N3O/c1-15(23)21-11-9-19(13-21)14-22(12-16-6-3-2-4-7-16)17-8-5-10-20-18(17)19/h2-8,10H,9,11-14H2,1H3/t19-/m0/s1. The van der Waals surface area contributed by atoms with Crippen LogP contribution in [-0.4, -0.2) is 35.4 Å². The van der Waals surface area contributed by atoms with E-state index in [1.165, 1.54) is 16.9 Å².